The summed E-state index contributed by atoms with van der Waals surface area (Å²) in [5.41, 5.74) is -0.728. The highest BCUT2D eigenvalue weighted by Crippen LogP contribution is 2.22. The fourth-order valence-corrected chi connectivity index (χ4v) is 2.75. The molecule has 1 amide bonds. The fourth-order valence-electron chi connectivity index (χ4n) is 2.75. The smallest absolute Gasteiger partial charge is 0.408 e. The predicted molar refractivity (Wildman–Crippen MR) is 111 cm³/mol. The SMILES string of the molecule is CCCO[C@@H](COCC(NC(=O)OC(C)(C)C)C(=O)O)[C@@H](CCC(C)C)[C@H](C)O. The van der Waals surface area contributed by atoms with Crippen molar-refractivity contribution in [3.63, 3.8) is 0 Å². The predicted octanol–water partition coefficient (Wildman–Crippen LogP) is 3.21. The van der Waals surface area contributed by atoms with Crippen molar-refractivity contribution in [3.05, 3.63) is 0 Å². The van der Waals surface area contributed by atoms with Crippen LogP contribution in [0.1, 0.15) is 67.7 Å². The minimum absolute atomic E-state index is 0.119. The van der Waals surface area contributed by atoms with Crippen molar-refractivity contribution in [1.82, 2.24) is 5.32 Å². The van der Waals surface area contributed by atoms with Crippen LogP contribution in [0.4, 0.5) is 4.79 Å². The van der Waals surface area contributed by atoms with Gasteiger partial charge < -0.3 is 29.7 Å². The normalized spacial score (nSPS) is 16.2. The average Bonchev–Trinajstić information content (AvgIpc) is 2.55. The van der Waals surface area contributed by atoms with E-state index in [1.54, 1.807) is 27.7 Å². The summed E-state index contributed by atoms with van der Waals surface area (Å²) in [6.07, 6.45) is 0.807. The number of hydrogen-bond acceptors (Lipinski definition) is 6. The first-order valence-corrected chi connectivity index (χ1v) is 10.5. The van der Waals surface area contributed by atoms with E-state index < -0.39 is 29.8 Å². The van der Waals surface area contributed by atoms with Crippen LogP contribution in [0.3, 0.4) is 0 Å². The summed E-state index contributed by atoms with van der Waals surface area (Å²) in [6, 6.07) is -1.24. The average molecular weight is 420 g/mol. The maximum Gasteiger partial charge on any atom is 0.408 e. The minimum Gasteiger partial charge on any atom is -0.480 e. The molecule has 0 saturated heterocycles. The zero-order chi connectivity index (χ0) is 22.6. The lowest BCUT2D eigenvalue weighted by atomic mass is 9.89. The van der Waals surface area contributed by atoms with Gasteiger partial charge in [0.25, 0.3) is 0 Å². The van der Waals surface area contributed by atoms with Gasteiger partial charge in [-0.05, 0) is 46.5 Å². The zero-order valence-corrected chi connectivity index (χ0v) is 19.1. The quantitative estimate of drug-likeness (QED) is 0.396. The first kappa shape index (κ1) is 27.6. The molecule has 0 aliphatic heterocycles. The fraction of sp³-hybridized carbons (Fsp3) is 0.905. The third-order valence-electron chi connectivity index (χ3n) is 4.27. The topological polar surface area (TPSA) is 114 Å². The number of hydrogen-bond donors (Lipinski definition) is 3. The van der Waals surface area contributed by atoms with E-state index >= 15 is 0 Å². The number of aliphatic hydroxyl groups excluding tert-OH is 1. The van der Waals surface area contributed by atoms with Crippen LogP contribution >= 0.6 is 0 Å². The first-order valence-electron chi connectivity index (χ1n) is 10.5. The largest absolute Gasteiger partial charge is 0.480 e. The first-order chi connectivity index (χ1) is 13.4. The van der Waals surface area contributed by atoms with Crippen molar-refractivity contribution in [2.24, 2.45) is 11.8 Å². The number of alkyl carbamates (subject to hydrolysis) is 1. The molecule has 0 spiro atoms. The van der Waals surface area contributed by atoms with Gasteiger partial charge in [-0.1, -0.05) is 27.2 Å². The maximum atomic E-state index is 11.8. The molecule has 29 heavy (non-hydrogen) atoms. The summed E-state index contributed by atoms with van der Waals surface area (Å²) in [7, 11) is 0. The molecule has 0 heterocycles. The van der Waals surface area contributed by atoms with Gasteiger partial charge in [-0.2, -0.15) is 0 Å². The molecule has 0 fully saturated rings. The number of aliphatic hydroxyl groups is 1. The third-order valence-corrected chi connectivity index (χ3v) is 4.27. The van der Waals surface area contributed by atoms with Crippen molar-refractivity contribution in [2.75, 3.05) is 19.8 Å². The number of carboxylic acids is 1. The molecule has 3 N–H and O–H groups in total. The Labute approximate surface area is 175 Å². The molecule has 0 aromatic carbocycles. The van der Waals surface area contributed by atoms with Crippen LogP contribution in [0.2, 0.25) is 0 Å². The molecule has 1 unspecified atom stereocenters. The van der Waals surface area contributed by atoms with Gasteiger partial charge >= 0.3 is 12.1 Å². The van der Waals surface area contributed by atoms with Crippen LogP contribution in [-0.2, 0) is 19.0 Å². The lowest BCUT2D eigenvalue weighted by Crippen LogP contribution is -2.46. The van der Waals surface area contributed by atoms with E-state index in [-0.39, 0.29) is 25.2 Å². The molecule has 8 nitrogen and oxygen atoms in total. The van der Waals surface area contributed by atoms with Crippen molar-refractivity contribution in [2.45, 2.75) is 91.6 Å². The molecule has 0 bridgehead atoms. The molecule has 172 valence electrons. The van der Waals surface area contributed by atoms with Crippen LogP contribution in [-0.4, -0.2) is 65.9 Å². The van der Waals surface area contributed by atoms with E-state index in [1.165, 1.54) is 0 Å². The molecule has 0 rings (SSSR count). The molecule has 0 aromatic rings. The van der Waals surface area contributed by atoms with Crippen molar-refractivity contribution >= 4 is 12.1 Å². The highest BCUT2D eigenvalue weighted by molar-refractivity contribution is 5.80. The Morgan fingerprint density at radius 3 is 2.14 bits per heavy atom. The lowest BCUT2D eigenvalue weighted by molar-refractivity contribution is -0.142. The van der Waals surface area contributed by atoms with E-state index in [4.69, 9.17) is 14.2 Å². The zero-order valence-electron chi connectivity index (χ0n) is 19.1. The maximum absolute atomic E-state index is 11.8. The number of amides is 1. The van der Waals surface area contributed by atoms with Gasteiger partial charge in [0.05, 0.1) is 25.4 Å². The van der Waals surface area contributed by atoms with Crippen molar-refractivity contribution in [3.8, 4) is 0 Å². The number of rotatable bonds is 14. The van der Waals surface area contributed by atoms with Crippen LogP contribution in [0.25, 0.3) is 0 Å². The Hall–Kier alpha value is -1.38. The van der Waals surface area contributed by atoms with Crippen molar-refractivity contribution in [1.29, 1.82) is 0 Å². The summed E-state index contributed by atoms with van der Waals surface area (Å²) in [4.78, 5) is 23.3. The summed E-state index contributed by atoms with van der Waals surface area (Å²) in [6.45, 7) is 13.5. The van der Waals surface area contributed by atoms with Gasteiger partial charge in [0.15, 0.2) is 6.04 Å². The Kier molecular flexibility index (Phi) is 13.1. The summed E-state index contributed by atoms with van der Waals surface area (Å²) in [5.74, 6) is -0.835. The number of carbonyl (C=O) groups excluding carboxylic acids is 1. The number of nitrogens with one attached hydrogen (secondary N) is 1. The van der Waals surface area contributed by atoms with E-state index in [0.717, 1.165) is 19.3 Å². The molecule has 0 aliphatic carbocycles. The molecule has 4 atom stereocenters. The highest BCUT2D eigenvalue weighted by atomic mass is 16.6. The van der Waals surface area contributed by atoms with E-state index in [2.05, 4.69) is 19.2 Å². The number of ether oxygens (including phenoxy) is 3. The van der Waals surface area contributed by atoms with Crippen molar-refractivity contribution < 1.29 is 34.0 Å². The monoisotopic (exact) mass is 419 g/mol. The summed E-state index contributed by atoms with van der Waals surface area (Å²) >= 11 is 0. The molecule has 0 radical (unpaired) electrons. The van der Waals surface area contributed by atoms with Gasteiger partial charge in [0, 0.05) is 12.5 Å². The Balaban J connectivity index is 4.89. The Morgan fingerprint density at radius 1 is 1.07 bits per heavy atom. The molecule has 8 heteroatoms. The van der Waals surface area contributed by atoms with Crippen LogP contribution in [0.15, 0.2) is 0 Å². The van der Waals surface area contributed by atoms with Gasteiger partial charge in [-0.25, -0.2) is 9.59 Å². The summed E-state index contributed by atoms with van der Waals surface area (Å²) in [5, 5.41) is 21.9. The van der Waals surface area contributed by atoms with Gasteiger partial charge in [0.1, 0.15) is 5.60 Å². The second-order valence-corrected chi connectivity index (χ2v) is 8.86. The Morgan fingerprint density at radius 2 is 1.69 bits per heavy atom. The molecule has 0 aromatic heterocycles. The minimum atomic E-state index is -1.24. The second-order valence-electron chi connectivity index (χ2n) is 8.86. The standard InChI is InChI=1S/C21H41NO7/c1-8-11-28-18(16(15(4)23)10-9-14(2)3)13-27-12-17(19(24)25)22-20(26)29-21(5,6)7/h14-18,23H,8-13H2,1-7H3,(H,22,26)(H,24,25)/t15-,16-,17?,18-/m0/s1. The number of carbonyl (C=O) groups is 2. The second kappa shape index (κ2) is 13.8. The molecular weight excluding hydrogens is 378 g/mol. The Bertz CT molecular complexity index is 474. The molecular formula is C21H41NO7. The van der Waals surface area contributed by atoms with E-state index in [1.807, 2.05) is 6.92 Å². The lowest BCUT2D eigenvalue weighted by Gasteiger charge is -2.30. The van der Waals surface area contributed by atoms with E-state index in [9.17, 15) is 19.8 Å². The molecule has 0 aliphatic rings. The van der Waals surface area contributed by atoms with Crippen LogP contribution in [0, 0.1) is 11.8 Å². The van der Waals surface area contributed by atoms with Gasteiger partial charge in [-0.3, -0.25) is 0 Å². The van der Waals surface area contributed by atoms with Gasteiger partial charge in [-0.15, -0.1) is 0 Å². The third kappa shape index (κ3) is 13.5. The molecule has 0 saturated carbocycles. The highest BCUT2D eigenvalue weighted by Gasteiger charge is 2.29. The van der Waals surface area contributed by atoms with Crippen LogP contribution in [0.5, 0.6) is 0 Å². The van der Waals surface area contributed by atoms with Crippen LogP contribution < -0.4 is 5.32 Å². The van der Waals surface area contributed by atoms with E-state index in [0.29, 0.717) is 12.5 Å². The number of carboxylic acid groups (broad SMARTS) is 1. The van der Waals surface area contributed by atoms with Gasteiger partial charge in [0.2, 0.25) is 0 Å². The summed E-state index contributed by atoms with van der Waals surface area (Å²) < 4.78 is 16.6. The number of aliphatic carboxylic acids is 1.